The van der Waals surface area contributed by atoms with E-state index < -0.39 is 5.97 Å². The highest BCUT2D eigenvalue weighted by molar-refractivity contribution is 7.99. The van der Waals surface area contributed by atoms with Crippen LogP contribution in [-0.4, -0.2) is 16.8 Å². The van der Waals surface area contributed by atoms with Crippen LogP contribution in [-0.2, 0) is 11.2 Å². The van der Waals surface area contributed by atoms with Crippen LogP contribution in [0.1, 0.15) is 25.8 Å². The highest BCUT2D eigenvalue weighted by Gasteiger charge is 2.10. The van der Waals surface area contributed by atoms with E-state index in [9.17, 15) is 4.79 Å². The van der Waals surface area contributed by atoms with Gasteiger partial charge in [0.25, 0.3) is 0 Å². The molecule has 0 fully saturated rings. The maximum absolute atomic E-state index is 10.7. The number of aliphatic carboxylic acids is 1. The summed E-state index contributed by atoms with van der Waals surface area (Å²) >= 11 is 1.82. The smallest absolute Gasteiger partial charge is 0.306 e. The first-order chi connectivity index (χ1) is 7.63. The Morgan fingerprint density at radius 3 is 2.50 bits per heavy atom. The Balaban J connectivity index is 2.46. The molecule has 1 aromatic carbocycles. The van der Waals surface area contributed by atoms with Gasteiger partial charge in [0.15, 0.2) is 0 Å². The Bertz CT molecular complexity index is 332. The molecule has 2 nitrogen and oxygen atoms in total. The van der Waals surface area contributed by atoms with Gasteiger partial charge in [0.1, 0.15) is 0 Å². The van der Waals surface area contributed by atoms with E-state index in [-0.39, 0.29) is 5.92 Å². The Hall–Kier alpha value is -0.960. The number of aryl methyl sites for hydroxylation is 1. The second-order valence-corrected chi connectivity index (χ2v) is 5.19. The van der Waals surface area contributed by atoms with Crippen molar-refractivity contribution < 1.29 is 9.90 Å². The van der Waals surface area contributed by atoms with E-state index in [4.69, 9.17) is 5.11 Å². The average Bonchev–Trinajstić information content (AvgIpc) is 2.28. The summed E-state index contributed by atoms with van der Waals surface area (Å²) in [6.45, 7) is 3.89. The van der Waals surface area contributed by atoms with Crippen molar-refractivity contribution in [1.82, 2.24) is 0 Å². The van der Waals surface area contributed by atoms with Gasteiger partial charge in [0.2, 0.25) is 0 Å². The molecule has 1 rings (SSSR count). The van der Waals surface area contributed by atoms with Gasteiger partial charge in [-0.15, -0.1) is 11.8 Å². The molecular weight excluding hydrogens is 220 g/mol. The van der Waals surface area contributed by atoms with Crippen molar-refractivity contribution in [3.63, 3.8) is 0 Å². The molecule has 88 valence electrons. The van der Waals surface area contributed by atoms with Crippen LogP contribution in [0.3, 0.4) is 0 Å². The van der Waals surface area contributed by atoms with Crippen molar-refractivity contribution in [1.29, 1.82) is 0 Å². The molecule has 0 aliphatic rings. The topological polar surface area (TPSA) is 37.3 Å². The van der Waals surface area contributed by atoms with Crippen molar-refractivity contribution >= 4 is 17.7 Å². The summed E-state index contributed by atoms with van der Waals surface area (Å²) in [5.74, 6) is 0.109. The molecule has 0 spiro atoms. The van der Waals surface area contributed by atoms with E-state index in [2.05, 4.69) is 31.2 Å². The van der Waals surface area contributed by atoms with Crippen molar-refractivity contribution in [3.05, 3.63) is 29.8 Å². The summed E-state index contributed by atoms with van der Waals surface area (Å²) in [5.41, 5.74) is 1.22. The summed E-state index contributed by atoms with van der Waals surface area (Å²) in [7, 11) is 0. The van der Waals surface area contributed by atoms with Gasteiger partial charge in [0.05, 0.1) is 5.92 Å². The first-order valence-corrected chi connectivity index (χ1v) is 6.56. The van der Waals surface area contributed by atoms with Crippen LogP contribution >= 0.6 is 11.8 Å². The quantitative estimate of drug-likeness (QED) is 0.771. The van der Waals surface area contributed by atoms with Gasteiger partial charge in [-0.1, -0.05) is 26.0 Å². The minimum absolute atomic E-state index is 0.260. The molecule has 0 radical (unpaired) electrons. The lowest BCUT2D eigenvalue weighted by molar-refractivity contribution is -0.141. The summed E-state index contributed by atoms with van der Waals surface area (Å²) in [6, 6.07) is 8.39. The summed E-state index contributed by atoms with van der Waals surface area (Å²) in [6.07, 6.45) is 1.54. The average molecular weight is 238 g/mol. The fourth-order valence-electron chi connectivity index (χ4n) is 1.43. The zero-order valence-corrected chi connectivity index (χ0v) is 10.6. The van der Waals surface area contributed by atoms with Crippen molar-refractivity contribution in [3.8, 4) is 0 Å². The third kappa shape index (κ3) is 4.27. The molecule has 1 N–H and O–H groups in total. The van der Waals surface area contributed by atoms with Crippen LogP contribution in [0.5, 0.6) is 0 Å². The molecule has 0 aromatic heterocycles. The summed E-state index contributed by atoms with van der Waals surface area (Å²) in [4.78, 5) is 11.9. The van der Waals surface area contributed by atoms with E-state index in [1.54, 1.807) is 6.92 Å². The van der Waals surface area contributed by atoms with E-state index in [1.165, 1.54) is 10.5 Å². The maximum Gasteiger partial charge on any atom is 0.306 e. The van der Waals surface area contributed by atoms with Gasteiger partial charge in [-0.3, -0.25) is 4.79 Å². The number of carbonyl (C=O) groups is 1. The van der Waals surface area contributed by atoms with Gasteiger partial charge in [-0.05, 0) is 36.3 Å². The second kappa shape index (κ2) is 6.59. The summed E-state index contributed by atoms with van der Waals surface area (Å²) in [5, 5.41) is 8.77. The van der Waals surface area contributed by atoms with Crippen LogP contribution in [0.15, 0.2) is 29.2 Å². The number of hydrogen-bond donors (Lipinski definition) is 1. The number of benzene rings is 1. The summed E-state index contributed by atoms with van der Waals surface area (Å²) < 4.78 is 0. The predicted molar refractivity (Wildman–Crippen MR) is 68.0 cm³/mol. The Labute approximate surface area is 101 Å². The molecule has 0 saturated carbocycles. The Morgan fingerprint density at radius 2 is 2.00 bits per heavy atom. The fraction of sp³-hybridized carbons (Fsp3) is 0.462. The number of hydrogen-bond acceptors (Lipinski definition) is 2. The van der Waals surface area contributed by atoms with Crippen molar-refractivity contribution in [2.24, 2.45) is 5.92 Å². The predicted octanol–water partition coefficient (Wildman–Crippen LogP) is 3.45. The van der Waals surface area contributed by atoms with Crippen LogP contribution in [0, 0.1) is 5.92 Å². The normalized spacial score (nSPS) is 12.4. The van der Waals surface area contributed by atoms with Gasteiger partial charge >= 0.3 is 5.97 Å². The van der Waals surface area contributed by atoms with Crippen LogP contribution in [0.2, 0.25) is 0 Å². The van der Waals surface area contributed by atoms with E-state index >= 15 is 0 Å². The number of carboxylic acid groups (broad SMARTS) is 1. The minimum Gasteiger partial charge on any atom is -0.481 e. The van der Waals surface area contributed by atoms with Gasteiger partial charge in [-0.2, -0.15) is 0 Å². The highest BCUT2D eigenvalue weighted by Crippen LogP contribution is 2.19. The monoisotopic (exact) mass is 238 g/mol. The second-order valence-electron chi connectivity index (χ2n) is 3.85. The highest BCUT2D eigenvalue weighted by atomic mass is 32.2. The van der Waals surface area contributed by atoms with Crippen molar-refractivity contribution in [2.45, 2.75) is 31.6 Å². The lowest BCUT2D eigenvalue weighted by Crippen LogP contribution is -2.10. The first-order valence-electron chi connectivity index (χ1n) is 5.58. The zero-order chi connectivity index (χ0) is 12.0. The van der Waals surface area contributed by atoms with E-state index in [1.807, 2.05) is 11.8 Å². The zero-order valence-electron chi connectivity index (χ0n) is 9.77. The molecule has 16 heavy (non-hydrogen) atoms. The maximum atomic E-state index is 10.7. The SMILES string of the molecule is CCSc1ccc(CCC(C)C(=O)O)cc1. The molecule has 1 unspecified atom stereocenters. The molecular formula is C13H18O2S. The molecule has 3 heteroatoms. The fourth-order valence-corrected chi connectivity index (χ4v) is 2.09. The molecule has 0 bridgehead atoms. The number of rotatable bonds is 6. The van der Waals surface area contributed by atoms with Crippen LogP contribution < -0.4 is 0 Å². The molecule has 0 amide bonds. The van der Waals surface area contributed by atoms with E-state index in [0.717, 1.165) is 12.2 Å². The number of thioether (sulfide) groups is 1. The van der Waals surface area contributed by atoms with E-state index in [0.29, 0.717) is 6.42 Å². The Kier molecular flexibility index (Phi) is 5.39. The first kappa shape index (κ1) is 13.1. The van der Waals surface area contributed by atoms with Crippen molar-refractivity contribution in [2.75, 3.05) is 5.75 Å². The molecule has 0 heterocycles. The molecule has 1 atom stereocenters. The number of carboxylic acids is 1. The largest absolute Gasteiger partial charge is 0.481 e. The lowest BCUT2D eigenvalue weighted by atomic mass is 10.0. The van der Waals surface area contributed by atoms with Crippen LogP contribution in [0.4, 0.5) is 0 Å². The molecule has 1 aromatic rings. The van der Waals surface area contributed by atoms with Gasteiger partial charge < -0.3 is 5.11 Å². The molecule has 0 saturated heterocycles. The van der Waals surface area contributed by atoms with Crippen LogP contribution in [0.25, 0.3) is 0 Å². The lowest BCUT2D eigenvalue weighted by Gasteiger charge is -2.06. The third-order valence-corrected chi connectivity index (χ3v) is 3.42. The minimum atomic E-state index is -0.710. The molecule has 0 aliphatic heterocycles. The Morgan fingerprint density at radius 1 is 1.38 bits per heavy atom. The van der Waals surface area contributed by atoms with Gasteiger partial charge in [0, 0.05) is 4.90 Å². The molecule has 0 aliphatic carbocycles. The van der Waals surface area contributed by atoms with Gasteiger partial charge in [-0.25, -0.2) is 0 Å². The standard InChI is InChI=1S/C13H18O2S/c1-3-16-12-8-6-11(7-9-12)5-4-10(2)13(14)15/h6-10H,3-5H2,1-2H3,(H,14,15). The third-order valence-electron chi connectivity index (χ3n) is 2.52.